The number of H-pyrrole nitrogens is 1. The number of halogens is 2. The maximum Gasteiger partial charge on any atom is 0.268 e. The van der Waals surface area contributed by atoms with Crippen LogP contribution in [0, 0.1) is 0 Å². The molecule has 5 nitrogen and oxygen atoms in total. The van der Waals surface area contributed by atoms with Crippen molar-refractivity contribution >= 4 is 11.5 Å². The average molecular weight is 389 g/mol. The smallest absolute Gasteiger partial charge is 0.268 e. The number of nitrogens with one attached hydrogen (secondary N) is 1. The number of aromatic nitrogens is 1. The van der Waals surface area contributed by atoms with Crippen LogP contribution in [0.2, 0.25) is 0 Å². The first kappa shape index (κ1) is 18.9. The van der Waals surface area contributed by atoms with Crippen LogP contribution < -0.4 is 15.4 Å². The van der Waals surface area contributed by atoms with Gasteiger partial charge in [0.2, 0.25) is 0 Å². The Morgan fingerprint density at radius 1 is 1.11 bits per heavy atom. The van der Waals surface area contributed by atoms with Gasteiger partial charge in [0, 0.05) is 43.9 Å². The van der Waals surface area contributed by atoms with Gasteiger partial charge in [0.25, 0.3) is 11.5 Å². The van der Waals surface area contributed by atoms with Gasteiger partial charge in [-0.05, 0) is 18.4 Å². The van der Waals surface area contributed by atoms with Crippen LogP contribution in [0.3, 0.4) is 0 Å². The van der Waals surface area contributed by atoms with Crippen LogP contribution in [-0.4, -0.2) is 49.8 Å². The Kier molecular flexibility index (Phi) is 5.35. The molecule has 0 aliphatic carbocycles. The number of alkyl halides is 2. The molecule has 1 aromatic carbocycles. The number of benzene rings is 1. The van der Waals surface area contributed by atoms with E-state index in [9.17, 15) is 13.6 Å². The highest BCUT2D eigenvalue weighted by Gasteiger charge is 2.46. The first-order valence-corrected chi connectivity index (χ1v) is 9.78. The summed E-state index contributed by atoms with van der Waals surface area (Å²) in [5.41, 5.74) is 1.35. The molecule has 4 rings (SSSR count). The third-order valence-electron chi connectivity index (χ3n) is 5.55. The first-order valence-electron chi connectivity index (χ1n) is 9.78. The van der Waals surface area contributed by atoms with Crippen LogP contribution in [0.25, 0.3) is 0 Å². The second-order valence-corrected chi connectivity index (χ2v) is 7.45. The Bertz CT molecular complexity index is 850. The number of piperidine rings is 1. The third-order valence-corrected chi connectivity index (χ3v) is 5.55. The maximum absolute atomic E-state index is 14.9. The molecule has 1 atom stereocenters. The molecule has 7 heteroatoms. The van der Waals surface area contributed by atoms with Crippen LogP contribution in [0.1, 0.15) is 18.4 Å². The Labute approximate surface area is 162 Å². The summed E-state index contributed by atoms with van der Waals surface area (Å²) < 4.78 is 35.1. The zero-order chi connectivity index (χ0) is 19.6. The molecule has 0 amide bonds. The zero-order valence-electron chi connectivity index (χ0n) is 15.7. The van der Waals surface area contributed by atoms with Crippen LogP contribution in [0.4, 0.5) is 20.3 Å². The third kappa shape index (κ3) is 4.04. The molecule has 1 N–H and O–H groups in total. The van der Waals surface area contributed by atoms with Crippen molar-refractivity contribution < 1.29 is 13.5 Å². The molecule has 0 radical (unpaired) electrons. The molecule has 2 aliphatic rings. The van der Waals surface area contributed by atoms with Gasteiger partial charge in [-0.2, -0.15) is 0 Å². The van der Waals surface area contributed by atoms with Gasteiger partial charge in [0.15, 0.2) is 0 Å². The summed E-state index contributed by atoms with van der Waals surface area (Å²) in [7, 11) is 0. The van der Waals surface area contributed by atoms with E-state index in [1.165, 1.54) is 6.07 Å². The molecule has 3 heterocycles. The number of nitrogens with zero attached hydrogens (tertiary/aromatic N) is 2. The van der Waals surface area contributed by atoms with Gasteiger partial charge in [-0.1, -0.05) is 30.3 Å². The van der Waals surface area contributed by atoms with E-state index >= 15 is 0 Å². The Hall–Kier alpha value is -2.41. The fraction of sp³-hybridized carbons (Fsp3) is 0.476. The minimum absolute atomic E-state index is 0.131. The second kappa shape index (κ2) is 7.91. The standard InChI is InChI=1S/C21H25F2N3O2/c22-21(23)7-4-8-26(18(21)13-16-5-2-1-3-6-16)19-14-17(15-20(27)24-19)25-9-11-28-12-10-25/h1-3,5-6,14-15,18H,4,7-13H2,(H,24,27)/t18-/m1/s1. The molecule has 150 valence electrons. The number of pyridine rings is 1. The molecule has 2 saturated heterocycles. The topological polar surface area (TPSA) is 48.6 Å². The number of rotatable bonds is 4. The van der Waals surface area contributed by atoms with Crippen molar-refractivity contribution in [1.29, 1.82) is 0 Å². The van der Waals surface area contributed by atoms with Gasteiger partial charge in [-0.25, -0.2) is 8.78 Å². The maximum atomic E-state index is 14.9. The number of morpholine rings is 1. The van der Waals surface area contributed by atoms with Gasteiger partial charge >= 0.3 is 0 Å². The summed E-state index contributed by atoms with van der Waals surface area (Å²) in [4.78, 5) is 18.8. The minimum atomic E-state index is -2.82. The second-order valence-electron chi connectivity index (χ2n) is 7.45. The quantitative estimate of drug-likeness (QED) is 0.873. The minimum Gasteiger partial charge on any atom is -0.378 e. The molecule has 2 aromatic rings. The molecule has 2 fully saturated rings. The predicted octanol–water partition coefficient (Wildman–Crippen LogP) is 3.06. The van der Waals surface area contributed by atoms with E-state index in [0.717, 1.165) is 11.3 Å². The van der Waals surface area contributed by atoms with Crippen LogP contribution in [0.15, 0.2) is 47.3 Å². The average Bonchev–Trinajstić information content (AvgIpc) is 2.70. The molecular formula is C21H25F2N3O2. The SMILES string of the molecule is O=c1cc(N2CCOCC2)cc(N2CCCC(F)(F)[C@H]2Cc2ccccc2)[nH]1. The predicted molar refractivity (Wildman–Crippen MR) is 106 cm³/mol. The lowest BCUT2D eigenvalue weighted by Gasteiger charge is -2.42. The summed E-state index contributed by atoms with van der Waals surface area (Å²) in [6.07, 6.45) is 0.494. The summed E-state index contributed by atoms with van der Waals surface area (Å²) in [5, 5.41) is 0. The van der Waals surface area contributed by atoms with Gasteiger partial charge in [0.1, 0.15) is 5.82 Å². The molecule has 2 aliphatic heterocycles. The molecular weight excluding hydrogens is 364 g/mol. The lowest BCUT2D eigenvalue weighted by Crippen LogP contribution is -2.54. The summed E-state index contributed by atoms with van der Waals surface area (Å²) >= 11 is 0. The van der Waals surface area contributed by atoms with Gasteiger partial charge in [-0.3, -0.25) is 4.79 Å². The van der Waals surface area contributed by atoms with Crippen molar-refractivity contribution in [2.45, 2.75) is 31.2 Å². The van der Waals surface area contributed by atoms with E-state index in [4.69, 9.17) is 4.74 Å². The van der Waals surface area contributed by atoms with Crippen molar-refractivity contribution in [2.24, 2.45) is 0 Å². The Balaban J connectivity index is 1.67. The first-order chi connectivity index (χ1) is 13.5. The number of hydrogen-bond acceptors (Lipinski definition) is 4. The van der Waals surface area contributed by atoms with E-state index in [2.05, 4.69) is 9.88 Å². The summed E-state index contributed by atoms with van der Waals surface area (Å²) in [6, 6.07) is 11.7. The van der Waals surface area contributed by atoms with E-state index in [1.807, 2.05) is 36.4 Å². The highest BCUT2D eigenvalue weighted by molar-refractivity contribution is 5.56. The van der Waals surface area contributed by atoms with Gasteiger partial charge in [0.05, 0.1) is 19.3 Å². The van der Waals surface area contributed by atoms with Crippen molar-refractivity contribution in [3.8, 4) is 0 Å². The van der Waals surface area contributed by atoms with E-state index in [1.54, 1.807) is 4.90 Å². The molecule has 28 heavy (non-hydrogen) atoms. The fourth-order valence-corrected chi connectivity index (χ4v) is 4.09. The summed E-state index contributed by atoms with van der Waals surface area (Å²) in [6.45, 7) is 3.07. The number of ether oxygens (including phenoxy) is 1. The van der Waals surface area contributed by atoms with E-state index in [-0.39, 0.29) is 18.4 Å². The fourth-order valence-electron chi connectivity index (χ4n) is 4.09. The van der Waals surface area contributed by atoms with Gasteiger partial charge < -0.3 is 19.5 Å². The zero-order valence-corrected chi connectivity index (χ0v) is 15.7. The Morgan fingerprint density at radius 3 is 2.61 bits per heavy atom. The van der Waals surface area contributed by atoms with Crippen molar-refractivity contribution in [3.05, 3.63) is 58.4 Å². The van der Waals surface area contributed by atoms with Gasteiger partial charge in [-0.15, -0.1) is 0 Å². The number of anilines is 2. The van der Waals surface area contributed by atoms with Crippen LogP contribution in [-0.2, 0) is 11.2 Å². The molecule has 0 saturated carbocycles. The van der Waals surface area contributed by atoms with Crippen molar-refractivity contribution in [3.63, 3.8) is 0 Å². The van der Waals surface area contributed by atoms with E-state index < -0.39 is 12.0 Å². The van der Waals surface area contributed by atoms with Crippen molar-refractivity contribution in [1.82, 2.24) is 4.98 Å². The molecule has 0 bridgehead atoms. The van der Waals surface area contributed by atoms with Crippen LogP contribution in [0.5, 0.6) is 0 Å². The highest BCUT2D eigenvalue weighted by Crippen LogP contribution is 2.37. The Morgan fingerprint density at radius 2 is 1.86 bits per heavy atom. The van der Waals surface area contributed by atoms with E-state index in [0.29, 0.717) is 45.1 Å². The normalized spacial score (nSPS) is 22.3. The van der Waals surface area contributed by atoms with Crippen molar-refractivity contribution in [2.75, 3.05) is 42.6 Å². The number of aromatic amines is 1. The molecule has 0 spiro atoms. The monoisotopic (exact) mass is 389 g/mol. The lowest BCUT2D eigenvalue weighted by molar-refractivity contribution is -0.0485. The summed E-state index contributed by atoms with van der Waals surface area (Å²) in [5.74, 6) is -2.35. The van der Waals surface area contributed by atoms with Crippen LogP contribution >= 0.6 is 0 Å². The largest absolute Gasteiger partial charge is 0.378 e. The molecule has 0 unspecified atom stereocenters. The molecule has 1 aromatic heterocycles. The lowest BCUT2D eigenvalue weighted by atomic mass is 9.92. The number of hydrogen-bond donors (Lipinski definition) is 1. The highest BCUT2D eigenvalue weighted by atomic mass is 19.3.